The molecule has 0 N–H and O–H groups in total. The minimum atomic E-state index is -0.473. The summed E-state index contributed by atoms with van der Waals surface area (Å²) < 4.78 is 15.2. The van der Waals surface area contributed by atoms with Crippen molar-refractivity contribution in [2.24, 2.45) is 7.05 Å². The monoisotopic (exact) mass is 191 g/mol. The standard InChI is InChI=1S/C10H10FN3/c1-7-3-4-8(9(11)13-7)10-12-5-6-14(10)2/h3-6H,1-2H3. The molecule has 0 aromatic carbocycles. The van der Waals surface area contributed by atoms with Gasteiger partial charge in [0, 0.05) is 25.1 Å². The minimum absolute atomic E-state index is 0.433. The average Bonchev–Trinajstić information content (AvgIpc) is 2.52. The van der Waals surface area contributed by atoms with Crippen molar-refractivity contribution in [1.29, 1.82) is 0 Å². The Kier molecular flexibility index (Phi) is 2.04. The van der Waals surface area contributed by atoms with E-state index >= 15 is 0 Å². The molecule has 2 rings (SSSR count). The molecule has 0 atom stereocenters. The van der Waals surface area contributed by atoms with Gasteiger partial charge in [-0.05, 0) is 19.1 Å². The molecule has 2 heterocycles. The van der Waals surface area contributed by atoms with E-state index in [0.717, 1.165) is 0 Å². The van der Waals surface area contributed by atoms with E-state index in [0.29, 0.717) is 17.1 Å². The van der Waals surface area contributed by atoms with Crippen molar-refractivity contribution in [2.75, 3.05) is 0 Å². The number of hydrogen-bond donors (Lipinski definition) is 0. The molecule has 0 saturated heterocycles. The zero-order chi connectivity index (χ0) is 10.1. The molecule has 0 fully saturated rings. The lowest BCUT2D eigenvalue weighted by Gasteiger charge is -2.02. The highest BCUT2D eigenvalue weighted by Crippen LogP contribution is 2.18. The molecule has 2 aromatic rings. The number of nitrogens with zero attached hydrogens (tertiary/aromatic N) is 3. The predicted molar refractivity (Wildman–Crippen MR) is 51.1 cm³/mol. The van der Waals surface area contributed by atoms with E-state index < -0.39 is 5.95 Å². The molecule has 0 bridgehead atoms. The molecule has 0 spiro atoms. The normalized spacial score (nSPS) is 10.5. The van der Waals surface area contributed by atoms with E-state index in [-0.39, 0.29) is 0 Å². The molecule has 0 aliphatic carbocycles. The Balaban J connectivity index is 2.58. The fraction of sp³-hybridized carbons (Fsp3) is 0.200. The van der Waals surface area contributed by atoms with Gasteiger partial charge in [0.05, 0.1) is 5.56 Å². The van der Waals surface area contributed by atoms with Gasteiger partial charge in [0.2, 0.25) is 5.95 Å². The summed E-state index contributed by atoms with van der Waals surface area (Å²) in [6, 6.07) is 3.47. The second kappa shape index (κ2) is 3.21. The van der Waals surface area contributed by atoms with Crippen LogP contribution in [0.5, 0.6) is 0 Å². The van der Waals surface area contributed by atoms with Crippen LogP contribution in [-0.2, 0) is 7.05 Å². The second-order valence-corrected chi connectivity index (χ2v) is 3.15. The lowest BCUT2D eigenvalue weighted by atomic mass is 10.2. The number of imidazole rings is 1. The average molecular weight is 191 g/mol. The SMILES string of the molecule is Cc1ccc(-c2nccn2C)c(F)n1. The van der Waals surface area contributed by atoms with Gasteiger partial charge in [-0.3, -0.25) is 0 Å². The maximum atomic E-state index is 13.4. The van der Waals surface area contributed by atoms with E-state index in [1.165, 1.54) is 0 Å². The van der Waals surface area contributed by atoms with Gasteiger partial charge in [0.25, 0.3) is 0 Å². The highest BCUT2D eigenvalue weighted by Gasteiger charge is 2.09. The first-order chi connectivity index (χ1) is 6.68. The van der Waals surface area contributed by atoms with Crippen molar-refractivity contribution in [2.45, 2.75) is 6.92 Å². The second-order valence-electron chi connectivity index (χ2n) is 3.15. The molecule has 4 heteroatoms. The number of halogens is 1. The van der Waals surface area contributed by atoms with Gasteiger partial charge < -0.3 is 4.57 Å². The Morgan fingerprint density at radius 2 is 2.14 bits per heavy atom. The van der Waals surface area contributed by atoms with Crippen molar-refractivity contribution < 1.29 is 4.39 Å². The topological polar surface area (TPSA) is 30.7 Å². The Hall–Kier alpha value is -1.71. The lowest BCUT2D eigenvalue weighted by Crippen LogP contribution is -1.97. The fourth-order valence-corrected chi connectivity index (χ4v) is 1.32. The number of pyridine rings is 1. The van der Waals surface area contributed by atoms with Gasteiger partial charge in [-0.1, -0.05) is 0 Å². The van der Waals surface area contributed by atoms with Crippen molar-refractivity contribution in [3.05, 3.63) is 36.2 Å². The predicted octanol–water partition coefficient (Wildman–Crippen LogP) is 1.93. The zero-order valence-corrected chi connectivity index (χ0v) is 8.03. The molecule has 3 nitrogen and oxygen atoms in total. The van der Waals surface area contributed by atoms with Gasteiger partial charge in [-0.15, -0.1) is 0 Å². The zero-order valence-electron chi connectivity index (χ0n) is 8.03. The van der Waals surface area contributed by atoms with E-state index in [4.69, 9.17) is 0 Å². The Morgan fingerprint density at radius 3 is 2.71 bits per heavy atom. The van der Waals surface area contributed by atoms with Crippen LogP contribution >= 0.6 is 0 Å². The van der Waals surface area contributed by atoms with Crippen molar-refractivity contribution in [1.82, 2.24) is 14.5 Å². The third-order valence-electron chi connectivity index (χ3n) is 2.05. The molecular formula is C10H10FN3. The maximum absolute atomic E-state index is 13.4. The molecule has 0 aliphatic heterocycles. The molecule has 0 saturated carbocycles. The van der Waals surface area contributed by atoms with Crippen molar-refractivity contribution in [3.8, 4) is 11.4 Å². The van der Waals surface area contributed by atoms with E-state index in [1.54, 1.807) is 36.0 Å². The number of hydrogen-bond acceptors (Lipinski definition) is 2. The molecule has 2 aromatic heterocycles. The number of rotatable bonds is 1. The Bertz CT molecular complexity index is 462. The minimum Gasteiger partial charge on any atom is -0.334 e. The van der Waals surface area contributed by atoms with Crippen LogP contribution < -0.4 is 0 Å². The first-order valence-corrected chi connectivity index (χ1v) is 4.29. The van der Waals surface area contributed by atoms with Gasteiger partial charge in [0.15, 0.2) is 0 Å². The molecule has 0 radical (unpaired) electrons. The molecule has 14 heavy (non-hydrogen) atoms. The van der Waals surface area contributed by atoms with Crippen LogP contribution in [0, 0.1) is 12.9 Å². The van der Waals surface area contributed by atoms with Crippen LogP contribution in [0.4, 0.5) is 4.39 Å². The van der Waals surface area contributed by atoms with Crippen molar-refractivity contribution >= 4 is 0 Å². The van der Waals surface area contributed by atoms with Gasteiger partial charge in [-0.2, -0.15) is 4.39 Å². The van der Waals surface area contributed by atoms with Gasteiger partial charge in [0.1, 0.15) is 5.82 Å². The first kappa shape index (κ1) is 8.87. The lowest BCUT2D eigenvalue weighted by molar-refractivity contribution is 0.581. The van der Waals surface area contributed by atoms with Crippen LogP contribution in [0.25, 0.3) is 11.4 Å². The summed E-state index contributed by atoms with van der Waals surface area (Å²) in [5.41, 5.74) is 1.10. The molecule has 72 valence electrons. The van der Waals surface area contributed by atoms with Crippen LogP contribution in [0.3, 0.4) is 0 Å². The summed E-state index contributed by atoms with van der Waals surface area (Å²) >= 11 is 0. The number of aryl methyl sites for hydroxylation is 2. The molecule has 0 unspecified atom stereocenters. The third kappa shape index (κ3) is 1.39. The Labute approximate surface area is 81.2 Å². The van der Waals surface area contributed by atoms with E-state index in [2.05, 4.69) is 9.97 Å². The fourth-order valence-electron chi connectivity index (χ4n) is 1.32. The third-order valence-corrected chi connectivity index (χ3v) is 2.05. The van der Waals surface area contributed by atoms with Crippen LogP contribution in [0.15, 0.2) is 24.5 Å². The summed E-state index contributed by atoms with van der Waals surface area (Å²) in [6.07, 6.45) is 3.41. The number of aromatic nitrogens is 3. The van der Waals surface area contributed by atoms with Gasteiger partial charge in [-0.25, -0.2) is 9.97 Å². The van der Waals surface area contributed by atoms with E-state index in [9.17, 15) is 4.39 Å². The van der Waals surface area contributed by atoms with E-state index in [1.807, 2.05) is 7.05 Å². The first-order valence-electron chi connectivity index (χ1n) is 4.29. The largest absolute Gasteiger partial charge is 0.334 e. The maximum Gasteiger partial charge on any atom is 0.224 e. The Morgan fingerprint density at radius 1 is 1.36 bits per heavy atom. The quantitative estimate of drug-likeness (QED) is 0.645. The summed E-state index contributed by atoms with van der Waals surface area (Å²) in [4.78, 5) is 7.81. The summed E-state index contributed by atoms with van der Waals surface area (Å²) in [7, 11) is 1.82. The highest BCUT2D eigenvalue weighted by molar-refractivity contribution is 5.54. The molecular weight excluding hydrogens is 181 g/mol. The van der Waals surface area contributed by atoms with Crippen LogP contribution in [0.2, 0.25) is 0 Å². The summed E-state index contributed by atoms with van der Waals surface area (Å²) in [6.45, 7) is 1.76. The van der Waals surface area contributed by atoms with Gasteiger partial charge >= 0.3 is 0 Å². The smallest absolute Gasteiger partial charge is 0.224 e. The van der Waals surface area contributed by atoms with Crippen LogP contribution in [-0.4, -0.2) is 14.5 Å². The molecule has 0 aliphatic rings. The summed E-state index contributed by atoms with van der Waals surface area (Å²) in [5.74, 6) is 0.120. The highest BCUT2D eigenvalue weighted by atomic mass is 19.1. The molecule has 0 amide bonds. The van der Waals surface area contributed by atoms with Crippen LogP contribution in [0.1, 0.15) is 5.69 Å². The van der Waals surface area contributed by atoms with Crippen molar-refractivity contribution in [3.63, 3.8) is 0 Å². The summed E-state index contributed by atoms with van der Waals surface area (Å²) in [5, 5.41) is 0.